The molecule has 0 radical (unpaired) electrons. The molecule has 4 heterocycles. The van der Waals surface area contributed by atoms with Crippen LogP contribution in [0, 0.1) is 11.7 Å². The highest BCUT2D eigenvalue weighted by Gasteiger charge is 2.42. The molecule has 3 atom stereocenters. The van der Waals surface area contributed by atoms with Crippen molar-refractivity contribution >= 4 is 29.0 Å². The van der Waals surface area contributed by atoms with Crippen LogP contribution in [0.4, 0.5) is 10.2 Å². The molecule has 2 aliphatic carbocycles. The van der Waals surface area contributed by atoms with E-state index in [9.17, 15) is 4.39 Å². The standard InChI is InChI=1S/C32H40ClFN6/c1-2-23-20-39(16-17-40(23)24-11-14-38(15-12-24)19-21-5-9-27(33)28(34)18-21)32-25-8-10-29(25)36-30(22-6-7-22)26-4-3-13-35-31(26)37-32/h3-5,9,13,18,23-25,29,36H,2,6-8,10-12,14-17,19-20H2,1H3/b37-32+/t23-,25?,29?/m0/s1. The summed E-state index contributed by atoms with van der Waals surface area (Å²) in [6.45, 7) is 8.37. The zero-order valence-corrected chi connectivity index (χ0v) is 24.2. The van der Waals surface area contributed by atoms with Gasteiger partial charge in [-0.1, -0.05) is 24.6 Å². The molecular formula is C32H40ClFN6. The highest BCUT2D eigenvalue weighted by atomic mass is 35.5. The van der Waals surface area contributed by atoms with Gasteiger partial charge in [0.25, 0.3) is 0 Å². The van der Waals surface area contributed by atoms with Crippen LogP contribution in [0.15, 0.2) is 47.1 Å². The van der Waals surface area contributed by atoms with E-state index in [1.807, 2.05) is 18.3 Å². The Morgan fingerprint density at radius 2 is 1.90 bits per heavy atom. The fourth-order valence-electron chi connectivity index (χ4n) is 7.25. The molecule has 2 saturated carbocycles. The third-order valence-corrected chi connectivity index (χ3v) is 10.1. The van der Waals surface area contributed by atoms with Crippen molar-refractivity contribution in [1.82, 2.24) is 25.0 Å². The molecule has 40 heavy (non-hydrogen) atoms. The molecule has 8 heteroatoms. The molecule has 2 saturated heterocycles. The van der Waals surface area contributed by atoms with Crippen molar-refractivity contribution in [2.45, 2.75) is 76.5 Å². The lowest BCUT2D eigenvalue weighted by atomic mass is 9.77. The molecule has 2 unspecified atom stereocenters. The van der Waals surface area contributed by atoms with Crippen molar-refractivity contribution in [3.8, 4) is 0 Å². The fraction of sp³-hybridized carbons (Fsp3) is 0.562. The van der Waals surface area contributed by atoms with E-state index >= 15 is 0 Å². The van der Waals surface area contributed by atoms with Crippen molar-refractivity contribution < 1.29 is 4.39 Å². The van der Waals surface area contributed by atoms with Crippen molar-refractivity contribution in [1.29, 1.82) is 0 Å². The minimum Gasteiger partial charge on any atom is -0.381 e. The molecule has 1 N–H and O–H groups in total. The summed E-state index contributed by atoms with van der Waals surface area (Å²) >= 11 is 5.88. The molecule has 4 fully saturated rings. The topological polar surface area (TPSA) is 47.0 Å². The lowest BCUT2D eigenvalue weighted by Gasteiger charge is -2.50. The Bertz CT molecular complexity index is 1310. The number of piperazine rings is 1. The monoisotopic (exact) mass is 562 g/mol. The zero-order valence-electron chi connectivity index (χ0n) is 23.5. The van der Waals surface area contributed by atoms with Gasteiger partial charge in [0, 0.05) is 67.7 Å². The molecular weight excluding hydrogens is 523 g/mol. The number of aliphatic imine (C=N–C) groups is 1. The van der Waals surface area contributed by atoms with Crippen molar-refractivity contribution in [3.05, 3.63) is 64.1 Å². The van der Waals surface area contributed by atoms with Crippen LogP contribution >= 0.6 is 11.6 Å². The number of hydrogen-bond acceptors (Lipinski definition) is 6. The van der Waals surface area contributed by atoms with Gasteiger partial charge in [-0.05, 0) is 93.4 Å². The van der Waals surface area contributed by atoms with Gasteiger partial charge >= 0.3 is 0 Å². The van der Waals surface area contributed by atoms with Crippen LogP contribution in [0.3, 0.4) is 0 Å². The van der Waals surface area contributed by atoms with E-state index in [1.54, 1.807) is 12.1 Å². The predicted octanol–water partition coefficient (Wildman–Crippen LogP) is 5.85. The van der Waals surface area contributed by atoms with Gasteiger partial charge in [-0.3, -0.25) is 9.80 Å². The Kier molecular flexibility index (Phi) is 7.31. The Morgan fingerprint density at radius 3 is 2.62 bits per heavy atom. The first-order valence-corrected chi connectivity index (χ1v) is 15.6. The second kappa shape index (κ2) is 11.1. The molecule has 2 aromatic rings. The van der Waals surface area contributed by atoms with E-state index in [0.29, 0.717) is 24.0 Å². The lowest BCUT2D eigenvalue weighted by Crippen LogP contribution is -2.61. The average molecular weight is 563 g/mol. The molecule has 212 valence electrons. The van der Waals surface area contributed by atoms with Crippen molar-refractivity contribution in [3.63, 3.8) is 0 Å². The van der Waals surface area contributed by atoms with Gasteiger partial charge < -0.3 is 10.2 Å². The highest BCUT2D eigenvalue weighted by molar-refractivity contribution is 6.30. The largest absolute Gasteiger partial charge is 0.381 e. The predicted molar refractivity (Wildman–Crippen MR) is 159 cm³/mol. The number of aromatic nitrogens is 1. The van der Waals surface area contributed by atoms with Gasteiger partial charge in [0.2, 0.25) is 0 Å². The fourth-order valence-corrected chi connectivity index (χ4v) is 7.37. The quantitative estimate of drug-likeness (QED) is 0.506. The lowest BCUT2D eigenvalue weighted by molar-refractivity contribution is 0.0290. The third kappa shape index (κ3) is 5.17. The number of fused-ring (bicyclic) bond motifs is 2. The summed E-state index contributed by atoms with van der Waals surface area (Å²) in [7, 11) is 0. The first-order chi connectivity index (χ1) is 19.6. The zero-order chi connectivity index (χ0) is 27.2. The first kappa shape index (κ1) is 26.4. The molecule has 1 aromatic carbocycles. The van der Waals surface area contributed by atoms with E-state index in [1.165, 1.54) is 48.4 Å². The molecule has 6 nitrogen and oxygen atoms in total. The highest BCUT2D eigenvalue weighted by Crippen LogP contribution is 2.42. The number of rotatable bonds is 4. The normalized spacial score (nSPS) is 28.9. The van der Waals surface area contributed by atoms with Crippen molar-refractivity contribution in [2.24, 2.45) is 10.9 Å². The van der Waals surface area contributed by atoms with Gasteiger partial charge in [-0.25, -0.2) is 14.4 Å². The summed E-state index contributed by atoms with van der Waals surface area (Å²) in [6, 6.07) is 11.1. The van der Waals surface area contributed by atoms with Gasteiger partial charge in [0.05, 0.1) is 5.02 Å². The Morgan fingerprint density at radius 1 is 1.05 bits per heavy atom. The number of piperidine rings is 1. The van der Waals surface area contributed by atoms with E-state index in [0.717, 1.165) is 69.9 Å². The van der Waals surface area contributed by atoms with Gasteiger partial charge in [0.15, 0.2) is 5.82 Å². The summed E-state index contributed by atoms with van der Waals surface area (Å²) in [6.07, 6.45) is 10.2. The minimum atomic E-state index is -0.324. The number of halogens is 2. The first-order valence-electron chi connectivity index (χ1n) is 15.3. The number of likely N-dealkylation sites (tertiary alicyclic amines) is 1. The van der Waals surface area contributed by atoms with Gasteiger partial charge in [-0.15, -0.1) is 0 Å². The number of nitrogens with one attached hydrogen (secondary N) is 1. The van der Waals surface area contributed by atoms with Crippen molar-refractivity contribution in [2.75, 3.05) is 32.7 Å². The van der Waals surface area contributed by atoms with Crippen LogP contribution in [-0.4, -0.2) is 76.4 Å². The summed E-state index contributed by atoms with van der Waals surface area (Å²) in [5.74, 6) is 2.28. The maximum absolute atomic E-state index is 13.9. The number of benzene rings is 1. The SMILES string of the molecule is CC[C@H]1CN(/C2=N/c3ncccc3C(=C3CC3)NC3CCC23)CCN1C1CCN(Cc2ccc(Cl)c(F)c2)CC1. The number of hydrogen-bond donors (Lipinski definition) is 1. The van der Waals surface area contributed by atoms with E-state index in [-0.39, 0.29) is 10.8 Å². The maximum Gasteiger partial charge on any atom is 0.163 e. The molecule has 0 spiro atoms. The van der Waals surface area contributed by atoms with E-state index in [4.69, 9.17) is 21.6 Å². The van der Waals surface area contributed by atoms with Crippen LogP contribution in [0.5, 0.6) is 0 Å². The van der Waals surface area contributed by atoms with Gasteiger partial charge in [-0.2, -0.15) is 0 Å². The minimum absolute atomic E-state index is 0.197. The summed E-state index contributed by atoms with van der Waals surface area (Å²) < 4.78 is 13.9. The van der Waals surface area contributed by atoms with Crippen LogP contribution in [-0.2, 0) is 6.54 Å². The molecule has 3 aliphatic heterocycles. The molecule has 1 aromatic heterocycles. The maximum atomic E-state index is 13.9. The Balaban J connectivity index is 1.04. The van der Waals surface area contributed by atoms with Crippen LogP contribution in [0.1, 0.15) is 63.0 Å². The van der Waals surface area contributed by atoms with Crippen LogP contribution in [0.2, 0.25) is 5.02 Å². The third-order valence-electron chi connectivity index (χ3n) is 9.81. The Hall–Kier alpha value is -2.48. The summed E-state index contributed by atoms with van der Waals surface area (Å²) in [4.78, 5) is 17.9. The molecule has 7 rings (SSSR count). The van der Waals surface area contributed by atoms with E-state index < -0.39 is 0 Å². The summed E-state index contributed by atoms with van der Waals surface area (Å²) in [5, 5.41) is 4.14. The van der Waals surface area contributed by atoms with E-state index in [2.05, 4.69) is 33.0 Å². The molecule has 0 bridgehead atoms. The second-order valence-corrected chi connectivity index (χ2v) is 12.7. The second-order valence-electron chi connectivity index (χ2n) is 12.3. The van der Waals surface area contributed by atoms with Gasteiger partial charge in [0.1, 0.15) is 11.7 Å². The average Bonchev–Trinajstić information content (AvgIpc) is 3.80. The van der Waals surface area contributed by atoms with Crippen LogP contribution < -0.4 is 5.32 Å². The summed E-state index contributed by atoms with van der Waals surface area (Å²) in [5.41, 5.74) is 5.02. The number of nitrogens with zero attached hydrogens (tertiary/aromatic N) is 5. The molecule has 0 amide bonds. The number of amidine groups is 1. The Labute approximate surface area is 242 Å². The smallest absolute Gasteiger partial charge is 0.163 e. The molecule has 5 aliphatic rings. The number of pyridine rings is 1. The van der Waals surface area contributed by atoms with Crippen LogP contribution in [0.25, 0.3) is 5.70 Å². The number of allylic oxidation sites excluding steroid dienone is 1.